The van der Waals surface area contributed by atoms with E-state index < -0.39 is 0 Å². The first-order chi connectivity index (χ1) is 10.6. The molecule has 0 aliphatic heterocycles. The summed E-state index contributed by atoms with van der Waals surface area (Å²) in [6.07, 6.45) is 0. The minimum Gasteiger partial charge on any atom is -0.512 e. The molecule has 0 saturated heterocycles. The molecule has 2 aliphatic rings. The third kappa shape index (κ3) is 1.51. The molecule has 1 N–H and O–H groups in total. The summed E-state index contributed by atoms with van der Waals surface area (Å²) in [5.74, 6) is -0.0112. The number of hydrogen-bond donors (Lipinski definition) is 1. The molecule has 0 atom stereocenters. The zero-order chi connectivity index (χ0) is 15.4. The van der Waals surface area contributed by atoms with E-state index in [1.807, 2.05) is 18.2 Å². The van der Waals surface area contributed by atoms with Crippen LogP contribution in [0, 0.1) is 0 Å². The minimum absolute atomic E-state index is 0.0112. The van der Waals surface area contributed by atoms with Gasteiger partial charge in [0.15, 0.2) is 10.9 Å². The second-order valence-electron chi connectivity index (χ2n) is 5.49. The number of aliphatic hydroxyl groups excluding tert-OH is 1. The van der Waals surface area contributed by atoms with Gasteiger partial charge in [-0.05, 0) is 23.9 Å². The van der Waals surface area contributed by atoms with Gasteiger partial charge in [0.1, 0.15) is 5.76 Å². The molecule has 0 amide bonds. The van der Waals surface area contributed by atoms with E-state index in [9.17, 15) is 14.7 Å². The summed E-state index contributed by atoms with van der Waals surface area (Å²) in [4.78, 5) is 25.2. The molecular weight excluding hydrogens is 276 g/mol. The average Bonchev–Trinajstić information content (AvgIpc) is 2.53. The van der Waals surface area contributed by atoms with Crippen LogP contribution in [-0.4, -0.2) is 5.11 Å². The Morgan fingerprint density at radius 1 is 0.818 bits per heavy atom. The topological polar surface area (TPSA) is 54.4 Å². The SMILES string of the molecule is C/C(O)=c1/cc2c3ccccc3c(=O)c3cccc(c3-2)c1=O. The van der Waals surface area contributed by atoms with Crippen molar-refractivity contribution >= 4 is 27.3 Å². The molecular formula is C19H12O3. The molecule has 3 nitrogen and oxygen atoms in total. The van der Waals surface area contributed by atoms with Crippen molar-refractivity contribution in [2.45, 2.75) is 6.92 Å². The number of hydrogen-bond acceptors (Lipinski definition) is 3. The average molecular weight is 288 g/mol. The van der Waals surface area contributed by atoms with Crippen molar-refractivity contribution in [2.24, 2.45) is 0 Å². The lowest BCUT2D eigenvalue weighted by Crippen LogP contribution is -2.28. The number of aliphatic hydroxyl groups is 1. The van der Waals surface area contributed by atoms with Crippen LogP contribution in [0.4, 0.5) is 0 Å². The van der Waals surface area contributed by atoms with Crippen molar-refractivity contribution < 1.29 is 5.11 Å². The van der Waals surface area contributed by atoms with Crippen LogP contribution in [0.1, 0.15) is 6.92 Å². The minimum atomic E-state index is -0.243. The van der Waals surface area contributed by atoms with E-state index in [4.69, 9.17) is 0 Å². The predicted molar refractivity (Wildman–Crippen MR) is 88.7 cm³/mol. The Hall–Kier alpha value is -2.94. The fraction of sp³-hybridized carbons (Fsp3) is 0.0526. The number of benzene rings is 4. The first kappa shape index (κ1) is 12.8. The van der Waals surface area contributed by atoms with Crippen LogP contribution >= 0.6 is 0 Å². The lowest BCUT2D eigenvalue weighted by atomic mass is 9.88. The Morgan fingerprint density at radius 3 is 2.09 bits per heavy atom. The van der Waals surface area contributed by atoms with Crippen molar-refractivity contribution in [3.63, 3.8) is 0 Å². The quantitative estimate of drug-likeness (QED) is 0.400. The molecule has 3 heteroatoms. The van der Waals surface area contributed by atoms with Crippen LogP contribution < -0.4 is 16.1 Å². The lowest BCUT2D eigenvalue weighted by Gasteiger charge is -2.14. The number of rotatable bonds is 0. The van der Waals surface area contributed by atoms with Crippen molar-refractivity contribution in [2.75, 3.05) is 0 Å². The Labute approximate surface area is 125 Å². The van der Waals surface area contributed by atoms with Gasteiger partial charge in [0.25, 0.3) is 0 Å². The Balaban J connectivity index is 2.51. The van der Waals surface area contributed by atoms with Crippen LogP contribution in [0.3, 0.4) is 0 Å². The summed E-state index contributed by atoms with van der Waals surface area (Å²) < 4.78 is 0. The zero-order valence-electron chi connectivity index (χ0n) is 11.9. The van der Waals surface area contributed by atoms with Crippen LogP contribution in [0.25, 0.3) is 38.4 Å². The van der Waals surface area contributed by atoms with Crippen molar-refractivity contribution in [3.8, 4) is 11.1 Å². The molecule has 22 heavy (non-hydrogen) atoms. The van der Waals surface area contributed by atoms with Gasteiger partial charge >= 0.3 is 0 Å². The molecule has 0 radical (unpaired) electrons. The van der Waals surface area contributed by atoms with Gasteiger partial charge in [0.2, 0.25) is 0 Å². The predicted octanol–water partition coefficient (Wildman–Crippen LogP) is 2.66. The molecule has 0 unspecified atom stereocenters. The first-order valence-corrected chi connectivity index (χ1v) is 7.03. The van der Waals surface area contributed by atoms with Crippen molar-refractivity contribution in [1.82, 2.24) is 0 Å². The first-order valence-electron chi connectivity index (χ1n) is 7.03. The highest BCUT2D eigenvalue weighted by Crippen LogP contribution is 2.33. The van der Waals surface area contributed by atoms with Gasteiger partial charge in [-0.15, -0.1) is 0 Å². The van der Waals surface area contributed by atoms with Gasteiger partial charge in [-0.1, -0.05) is 42.5 Å². The monoisotopic (exact) mass is 288 g/mol. The molecule has 0 bridgehead atoms. The van der Waals surface area contributed by atoms with Crippen LogP contribution in [0.5, 0.6) is 0 Å². The Morgan fingerprint density at radius 2 is 1.41 bits per heavy atom. The van der Waals surface area contributed by atoms with E-state index in [0.717, 1.165) is 10.9 Å². The highest BCUT2D eigenvalue weighted by Gasteiger charge is 2.19. The summed E-state index contributed by atoms with van der Waals surface area (Å²) in [6, 6.07) is 14.2. The maximum Gasteiger partial charge on any atom is 0.197 e. The van der Waals surface area contributed by atoms with Gasteiger partial charge < -0.3 is 5.11 Å². The summed E-state index contributed by atoms with van der Waals surface area (Å²) in [5, 5.41) is 12.6. The molecule has 0 heterocycles. The maximum atomic E-state index is 12.7. The van der Waals surface area contributed by atoms with Crippen LogP contribution in [0.15, 0.2) is 58.1 Å². The third-order valence-electron chi connectivity index (χ3n) is 4.21. The van der Waals surface area contributed by atoms with Crippen molar-refractivity contribution in [3.05, 3.63) is 74.2 Å². The summed E-state index contributed by atoms with van der Waals surface area (Å²) in [5.41, 5.74) is 1.20. The molecule has 2 aromatic carbocycles. The largest absolute Gasteiger partial charge is 0.512 e. The number of fused-ring (bicyclic) bond motifs is 2. The van der Waals surface area contributed by atoms with Crippen LogP contribution in [-0.2, 0) is 0 Å². The summed E-state index contributed by atoms with van der Waals surface area (Å²) in [7, 11) is 0. The van der Waals surface area contributed by atoms with E-state index in [2.05, 4.69) is 0 Å². The highest BCUT2D eigenvalue weighted by atomic mass is 16.3. The molecule has 2 aromatic rings. The standard InChI is InChI=1S/C19H12O3/c1-10(20)15-9-16-11-5-2-3-6-12(11)18(21)13-7-4-8-14(17(13)16)19(15)22/h2-9,20H,1H3/b15-10+. The van der Waals surface area contributed by atoms with Gasteiger partial charge in [-0.3, -0.25) is 9.59 Å². The molecule has 2 aliphatic carbocycles. The smallest absolute Gasteiger partial charge is 0.197 e. The normalized spacial score (nSPS) is 13.1. The molecule has 0 fully saturated rings. The van der Waals surface area contributed by atoms with Gasteiger partial charge in [0.05, 0.1) is 5.22 Å². The molecule has 4 rings (SSSR count). The molecule has 106 valence electrons. The fourth-order valence-electron chi connectivity index (χ4n) is 3.19. The van der Waals surface area contributed by atoms with E-state index in [-0.39, 0.29) is 21.8 Å². The fourth-order valence-corrected chi connectivity index (χ4v) is 3.19. The lowest BCUT2D eigenvalue weighted by molar-refractivity contribution is 0.498. The van der Waals surface area contributed by atoms with Gasteiger partial charge in [-0.2, -0.15) is 0 Å². The summed E-state index contributed by atoms with van der Waals surface area (Å²) in [6.45, 7) is 1.50. The molecule has 0 aromatic heterocycles. The van der Waals surface area contributed by atoms with E-state index in [1.165, 1.54) is 6.92 Å². The van der Waals surface area contributed by atoms with E-state index in [0.29, 0.717) is 21.7 Å². The second-order valence-corrected chi connectivity index (χ2v) is 5.49. The highest BCUT2D eigenvalue weighted by molar-refractivity contribution is 6.11. The van der Waals surface area contributed by atoms with E-state index in [1.54, 1.807) is 30.3 Å². The zero-order valence-corrected chi connectivity index (χ0v) is 11.9. The second kappa shape index (κ2) is 4.28. The molecule has 0 spiro atoms. The van der Waals surface area contributed by atoms with Crippen molar-refractivity contribution in [1.29, 1.82) is 0 Å². The van der Waals surface area contributed by atoms with Gasteiger partial charge in [0, 0.05) is 21.7 Å². The van der Waals surface area contributed by atoms with E-state index >= 15 is 0 Å². The third-order valence-corrected chi connectivity index (χ3v) is 4.21. The van der Waals surface area contributed by atoms with Gasteiger partial charge in [-0.25, -0.2) is 0 Å². The maximum absolute atomic E-state index is 12.7. The Bertz CT molecular complexity index is 1170. The van der Waals surface area contributed by atoms with Crippen LogP contribution in [0.2, 0.25) is 0 Å². The molecule has 0 saturated carbocycles. The summed E-state index contributed by atoms with van der Waals surface area (Å²) >= 11 is 0. The Kier molecular flexibility index (Phi) is 2.48.